The third kappa shape index (κ3) is 2.63. The quantitative estimate of drug-likeness (QED) is 0.890. The van der Waals surface area contributed by atoms with Crippen molar-refractivity contribution in [2.75, 3.05) is 20.2 Å². The summed E-state index contributed by atoms with van der Waals surface area (Å²) in [7, 11) is 0.502. The Labute approximate surface area is 101 Å². The number of ether oxygens (including phenoxy) is 1. The average molecular weight is 261 g/mol. The van der Waals surface area contributed by atoms with Crippen LogP contribution in [0.3, 0.4) is 0 Å². The molecule has 0 spiro atoms. The molecule has 0 saturated carbocycles. The number of piperidine rings is 1. The molecule has 1 aromatic rings. The van der Waals surface area contributed by atoms with Crippen molar-refractivity contribution in [3.8, 4) is 5.06 Å². The summed E-state index contributed by atoms with van der Waals surface area (Å²) in [5, 5.41) is 10.2. The second-order valence-corrected chi connectivity index (χ2v) is 6.45. The molecule has 1 aliphatic rings. The lowest BCUT2D eigenvalue weighted by atomic mass is 10.1. The van der Waals surface area contributed by atoms with Gasteiger partial charge in [-0.25, -0.2) is 8.51 Å². The molecule has 90 valence electrons. The Hall–Kier alpha value is -0.430. The molecule has 0 bridgehead atoms. The summed E-state index contributed by atoms with van der Waals surface area (Å²) in [6.07, 6.45) is 1.17. The second kappa shape index (κ2) is 5.27. The number of rotatable bonds is 3. The smallest absolute Gasteiger partial charge is 0.174 e. The molecule has 16 heavy (non-hydrogen) atoms. The first kappa shape index (κ1) is 12.0. The predicted molar refractivity (Wildman–Crippen MR) is 64.1 cm³/mol. The van der Waals surface area contributed by atoms with Crippen LogP contribution in [0.2, 0.25) is 0 Å². The predicted octanol–water partition coefficient (Wildman–Crippen LogP) is 1.24. The highest BCUT2D eigenvalue weighted by Crippen LogP contribution is 2.28. The van der Waals surface area contributed by atoms with E-state index >= 15 is 0 Å². The van der Waals surface area contributed by atoms with E-state index in [1.54, 1.807) is 7.11 Å². The maximum Gasteiger partial charge on any atom is 0.174 e. The van der Waals surface area contributed by atoms with Gasteiger partial charge in [0.1, 0.15) is 15.2 Å². The standard InChI is InChI=1S/C10H15NO3S2/c1-14-9-2-3-10(15-9)16(13)11-6-4-8(12)5-7-11/h2-3,8,12H,4-7H2,1H3. The fourth-order valence-electron chi connectivity index (χ4n) is 1.64. The van der Waals surface area contributed by atoms with Crippen LogP contribution in [-0.4, -0.2) is 39.9 Å². The molecule has 0 radical (unpaired) electrons. The van der Waals surface area contributed by atoms with Crippen LogP contribution in [0, 0.1) is 0 Å². The molecule has 1 unspecified atom stereocenters. The monoisotopic (exact) mass is 261 g/mol. The van der Waals surface area contributed by atoms with Gasteiger partial charge < -0.3 is 9.84 Å². The summed E-state index contributed by atoms with van der Waals surface area (Å²) in [5.74, 6) is 0. The molecule has 0 aliphatic carbocycles. The van der Waals surface area contributed by atoms with Crippen molar-refractivity contribution < 1.29 is 14.1 Å². The van der Waals surface area contributed by atoms with E-state index in [9.17, 15) is 9.32 Å². The maximum atomic E-state index is 12.1. The van der Waals surface area contributed by atoms with E-state index in [1.165, 1.54) is 11.3 Å². The Morgan fingerprint density at radius 3 is 2.75 bits per heavy atom. The van der Waals surface area contributed by atoms with Crippen molar-refractivity contribution in [2.45, 2.75) is 23.2 Å². The summed E-state index contributed by atoms with van der Waals surface area (Å²) in [4.78, 5) is 0. The zero-order valence-electron chi connectivity index (χ0n) is 9.09. The molecule has 0 amide bonds. The first-order valence-electron chi connectivity index (χ1n) is 5.19. The van der Waals surface area contributed by atoms with Crippen molar-refractivity contribution in [3.05, 3.63) is 12.1 Å². The molecule has 1 aromatic heterocycles. The lowest BCUT2D eigenvalue weighted by Crippen LogP contribution is -2.36. The third-order valence-corrected chi connectivity index (χ3v) is 5.42. The highest BCUT2D eigenvalue weighted by Gasteiger charge is 2.23. The Bertz CT molecular complexity index is 372. The third-order valence-electron chi connectivity index (χ3n) is 2.59. The van der Waals surface area contributed by atoms with Gasteiger partial charge in [0.2, 0.25) is 0 Å². The minimum atomic E-state index is -1.10. The minimum absolute atomic E-state index is 0.230. The van der Waals surface area contributed by atoms with Crippen molar-refractivity contribution in [1.82, 2.24) is 4.31 Å². The summed E-state index contributed by atoms with van der Waals surface area (Å²) >= 11 is 1.41. The second-order valence-electron chi connectivity index (χ2n) is 3.69. The Kier molecular flexibility index (Phi) is 3.96. The van der Waals surface area contributed by atoms with Gasteiger partial charge in [-0.15, -0.1) is 0 Å². The van der Waals surface area contributed by atoms with Gasteiger partial charge in [0, 0.05) is 13.1 Å². The maximum absolute atomic E-state index is 12.1. The zero-order valence-corrected chi connectivity index (χ0v) is 10.7. The molecule has 1 saturated heterocycles. The van der Waals surface area contributed by atoms with E-state index in [2.05, 4.69) is 0 Å². The van der Waals surface area contributed by atoms with Crippen molar-refractivity contribution >= 4 is 22.3 Å². The van der Waals surface area contributed by atoms with Gasteiger partial charge >= 0.3 is 0 Å². The first-order chi connectivity index (χ1) is 7.70. The Morgan fingerprint density at radius 2 is 2.19 bits per heavy atom. The summed E-state index contributed by atoms with van der Waals surface area (Å²) < 4.78 is 19.9. The van der Waals surface area contributed by atoms with Crippen LogP contribution in [0.1, 0.15) is 12.8 Å². The molecule has 0 aromatic carbocycles. The van der Waals surface area contributed by atoms with Crippen LogP contribution in [0.5, 0.6) is 5.06 Å². The molecular weight excluding hydrogens is 246 g/mol. The van der Waals surface area contributed by atoms with E-state index in [4.69, 9.17) is 4.74 Å². The lowest BCUT2D eigenvalue weighted by Gasteiger charge is -2.27. The normalized spacial score (nSPS) is 20.9. The zero-order chi connectivity index (χ0) is 11.5. The number of hydrogen-bond acceptors (Lipinski definition) is 4. The first-order valence-corrected chi connectivity index (χ1v) is 7.12. The number of hydrogen-bond donors (Lipinski definition) is 1. The number of nitrogens with zero attached hydrogens (tertiary/aromatic N) is 1. The lowest BCUT2D eigenvalue weighted by molar-refractivity contribution is 0.114. The van der Waals surface area contributed by atoms with Gasteiger partial charge in [-0.05, 0) is 25.0 Å². The van der Waals surface area contributed by atoms with Gasteiger partial charge in [-0.3, -0.25) is 0 Å². The van der Waals surface area contributed by atoms with E-state index in [0.29, 0.717) is 25.9 Å². The topological polar surface area (TPSA) is 49.8 Å². The number of methoxy groups -OCH3 is 1. The van der Waals surface area contributed by atoms with Crippen molar-refractivity contribution in [2.24, 2.45) is 0 Å². The molecule has 4 nitrogen and oxygen atoms in total. The highest BCUT2D eigenvalue weighted by molar-refractivity contribution is 7.85. The van der Waals surface area contributed by atoms with Gasteiger partial charge in [-0.2, -0.15) is 0 Å². The number of aliphatic hydroxyl groups is 1. The van der Waals surface area contributed by atoms with Crippen LogP contribution in [-0.2, 0) is 11.0 Å². The summed E-state index contributed by atoms with van der Waals surface area (Å²) in [5.41, 5.74) is 0. The Balaban J connectivity index is 2.01. The molecular formula is C10H15NO3S2. The molecule has 1 fully saturated rings. The van der Waals surface area contributed by atoms with E-state index < -0.39 is 11.0 Å². The van der Waals surface area contributed by atoms with Gasteiger partial charge in [0.25, 0.3) is 0 Å². The summed E-state index contributed by atoms with van der Waals surface area (Å²) in [6, 6.07) is 3.67. The highest BCUT2D eigenvalue weighted by atomic mass is 32.2. The fraction of sp³-hybridized carbons (Fsp3) is 0.600. The number of thiophene rings is 1. The van der Waals surface area contributed by atoms with Gasteiger partial charge in [0.15, 0.2) is 5.06 Å². The molecule has 1 atom stereocenters. The van der Waals surface area contributed by atoms with Crippen LogP contribution < -0.4 is 4.74 Å². The van der Waals surface area contributed by atoms with Crippen LogP contribution >= 0.6 is 11.3 Å². The van der Waals surface area contributed by atoms with E-state index in [0.717, 1.165) is 9.27 Å². The minimum Gasteiger partial charge on any atom is -0.487 e. The molecule has 6 heteroatoms. The fourth-order valence-corrected chi connectivity index (χ4v) is 4.03. The molecule has 2 rings (SSSR count). The Morgan fingerprint density at radius 1 is 1.50 bits per heavy atom. The number of aliphatic hydroxyl groups excluding tert-OH is 1. The van der Waals surface area contributed by atoms with Gasteiger partial charge in [0.05, 0.1) is 13.2 Å². The molecule has 1 aliphatic heterocycles. The SMILES string of the molecule is COc1ccc(S(=O)N2CCC(O)CC2)s1. The van der Waals surface area contributed by atoms with Crippen LogP contribution in [0.4, 0.5) is 0 Å². The van der Waals surface area contributed by atoms with Crippen LogP contribution in [0.25, 0.3) is 0 Å². The van der Waals surface area contributed by atoms with E-state index in [-0.39, 0.29) is 6.10 Å². The van der Waals surface area contributed by atoms with Crippen molar-refractivity contribution in [1.29, 1.82) is 0 Å². The average Bonchev–Trinajstić information content (AvgIpc) is 2.77. The summed E-state index contributed by atoms with van der Waals surface area (Å²) in [6.45, 7) is 1.38. The van der Waals surface area contributed by atoms with Gasteiger partial charge in [-0.1, -0.05) is 11.3 Å². The largest absolute Gasteiger partial charge is 0.487 e. The van der Waals surface area contributed by atoms with Crippen LogP contribution in [0.15, 0.2) is 16.3 Å². The van der Waals surface area contributed by atoms with E-state index in [1.807, 2.05) is 16.4 Å². The molecule has 2 heterocycles. The van der Waals surface area contributed by atoms with Crippen molar-refractivity contribution in [3.63, 3.8) is 0 Å². The molecule has 1 N–H and O–H groups in total.